The van der Waals surface area contributed by atoms with Crippen LogP contribution in [0.2, 0.25) is 0 Å². The predicted octanol–water partition coefficient (Wildman–Crippen LogP) is -1.18. The molecule has 9 heteroatoms. The van der Waals surface area contributed by atoms with Crippen LogP contribution in [0.3, 0.4) is 0 Å². The third-order valence-electron chi connectivity index (χ3n) is 4.25. The van der Waals surface area contributed by atoms with Crippen LogP contribution in [0.25, 0.3) is 0 Å². The zero-order valence-corrected chi connectivity index (χ0v) is 15.2. The lowest BCUT2D eigenvalue weighted by atomic mass is 10.1. The van der Waals surface area contributed by atoms with Crippen molar-refractivity contribution in [3.63, 3.8) is 0 Å². The van der Waals surface area contributed by atoms with Crippen LogP contribution in [-0.4, -0.2) is 89.8 Å². The highest BCUT2D eigenvalue weighted by Gasteiger charge is 2.38. The molecule has 0 aromatic heterocycles. The zero-order valence-electron chi connectivity index (χ0n) is 15.2. The molecular formula is C18H28O9. The van der Waals surface area contributed by atoms with E-state index >= 15 is 0 Å². The molecule has 1 aromatic carbocycles. The fourth-order valence-corrected chi connectivity index (χ4v) is 2.68. The van der Waals surface area contributed by atoms with Crippen LogP contribution in [0.4, 0.5) is 0 Å². The summed E-state index contributed by atoms with van der Waals surface area (Å²) in [5, 5.41) is 47.4. The van der Waals surface area contributed by atoms with Gasteiger partial charge in [-0.25, -0.2) is 0 Å². The first-order chi connectivity index (χ1) is 13.0. The molecule has 154 valence electrons. The van der Waals surface area contributed by atoms with Crippen molar-refractivity contribution in [2.24, 2.45) is 0 Å². The second kappa shape index (κ2) is 10.8. The Kier molecular flexibility index (Phi) is 8.71. The topological polar surface area (TPSA) is 138 Å². The SMILES string of the molecule is COc1cc(CCCO)ccc1OC(CO)CO[C@@H]1OC[C@@H](O)[C@H](O)[C@H]1O. The molecule has 0 spiro atoms. The van der Waals surface area contributed by atoms with E-state index < -0.39 is 30.7 Å². The Labute approximate surface area is 157 Å². The first-order valence-corrected chi connectivity index (χ1v) is 8.82. The molecule has 1 aliphatic heterocycles. The number of aryl methyl sites for hydroxylation is 1. The van der Waals surface area contributed by atoms with Crippen molar-refractivity contribution in [1.29, 1.82) is 0 Å². The van der Waals surface area contributed by atoms with Gasteiger partial charge in [0.2, 0.25) is 0 Å². The summed E-state index contributed by atoms with van der Waals surface area (Å²) < 4.78 is 21.6. The van der Waals surface area contributed by atoms with E-state index in [0.29, 0.717) is 24.3 Å². The lowest BCUT2D eigenvalue weighted by Crippen LogP contribution is -2.54. The second-order valence-electron chi connectivity index (χ2n) is 6.32. The monoisotopic (exact) mass is 388 g/mol. The maximum absolute atomic E-state index is 9.87. The molecule has 0 bridgehead atoms. The van der Waals surface area contributed by atoms with E-state index in [2.05, 4.69) is 0 Å². The average Bonchev–Trinajstić information content (AvgIpc) is 2.69. The molecule has 2 rings (SSSR count). The number of benzene rings is 1. The molecule has 1 fully saturated rings. The van der Waals surface area contributed by atoms with Gasteiger partial charge in [0.05, 0.1) is 26.9 Å². The van der Waals surface area contributed by atoms with Gasteiger partial charge in [-0.2, -0.15) is 0 Å². The standard InChI is InChI=1S/C18H28O9/c1-24-15-7-11(3-2-6-19)4-5-14(15)27-12(8-20)9-25-18-17(23)16(22)13(21)10-26-18/h4-5,7,12-13,16-23H,2-3,6,8-10H2,1H3/t12?,13-,16+,17-,18-/m1/s1. The van der Waals surface area contributed by atoms with Crippen molar-refractivity contribution in [1.82, 2.24) is 0 Å². The normalized spacial score (nSPS) is 26.6. The molecule has 1 unspecified atom stereocenters. The Bertz CT molecular complexity index is 568. The number of aliphatic hydroxyl groups is 5. The van der Waals surface area contributed by atoms with Crippen LogP contribution in [0.15, 0.2) is 18.2 Å². The van der Waals surface area contributed by atoms with E-state index in [1.54, 1.807) is 12.1 Å². The van der Waals surface area contributed by atoms with Gasteiger partial charge in [-0.1, -0.05) is 6.07 Å². The number of methoxy groups -OCH3 is 1. The van der Waals surface area contributed by atoms with Gasteiger partial charge in [-0.15, -0.1) is 0 Å². The average molecular weight is 388 g/mol. The fourth-order valence-electron chi connectivity index (χ4n) is 2.68. The van der Waals surface area contributed by atoms with Crippen molar-refractivity contribution in [3.8, 4) is 11.5 Å². The molecule has 1 aliphatic rings. The van der Waals surface area contributed by atoms with Gasteiger partial charge >= 0.3 is 0 Å². The first-order valence-electron chi connectivity index (χ1n) is 8.82. The lowest BCUT2D eigenvalue weighted by molar-refractivity contribution is -0.274. The van der Waals surface area contributed by atoms with Crippen molar-refractivity contribution in [2.45, 2.75) is 43.5 Å². The van der Waals surface area contributed by atoms with Gasteiger partial charge in [0.15, 0.2) is 17.8 Å². The summed E-state index contributed by atoms with van der Waals surface area (Å²) in [4.78, 5) is 0. The Morgan fingerprint density at radius 1 is 1.15 bits per heavy atom. The van der Waals surface area contributed by atoms with Gasteiger partial charge < -0.3 is 44.5 Å². The van der Waals surface area contributed by atoms with Crippen LogP contribution < -0.4 is 9.47 Å². The van der Waals surface area contributed by atoms with Gasteiger partial charge in [-0.3, -0.25) is 0 Å². The minimum atomic E-state index is -1.41. The summed E-state index contributed by atoms with van der Waals surface area (Å²) >= 11 is 0. The van der Waals surface area contributed by atoms with E-state index in [4.69, 9.17) is 24.1 Å². The van der Waals surface area contributed by atoms with Crippen molar-refractivity contribution >= 4 is 0 Å². The van der Waals surface area contributed by atoms with Gasteiger partial charge in [-0.05, 0) is 30.5 Å². The highest BCUT2D eigenvalue weighted by Crippen LogP contribution is 2.29. The minimum Gasteiger partial charge on any atom is -0.493 e. The van der Waals surface area contributed by atoms with E-state index in [9.17, 15) is 20.4 Å². The highest BCUT2D eigenvalue weighted by atomic mass is 16.7. The quantitative estimate of drug-likeness (QED) is 0.335. The summed E-state index contributed by atoms with van der Waals surface area (Å²) in [5.41, 5.74) is 0.983. The van der Waals surface area contributed by atoms with Crippen molar-refractivity contribution < 1.29 is 44.5 Å². The van der Waals surface area contributed by atoms with Crippen LogP contribution in [0, 0.1) is 0 Å². The van der Waals surface area contributed by atoms with Crippen LogP contribution in [-0.2, 0) is 15.9 Å². The summed E-state index contributed by atoms with van der Waals surface area (Å²) in [6, 6.07) is 5.35. The largest absolute Gasteiger partial charge is 0.493 e. The maximum Gasteiger partial charge on any atom is 0.186 e. The predicted molar refractivity (Wildman–Crippen MR) is 93.6 cm³/mol. The maximum atomic E-state index is 9.87. The number of aliphatic hydroxyl groups excluding tert-OH is 5. The van der Waals surface area contributed by atoms with E-state index in [1.165, 1.54) is 7.11 Å². The summed E-state index contributed by atoms with van der Waals surface area (Å²) in [6.45, 7) is -0.540. The molecular weight excluding hydrogens is 360 g/mol. The number of hydrogen-bond acceptors (Lipinski definition) is 9. The molecule has 5 atom stereocenters. The molecule has 1 aromatic rings. The van der Waals surface area contributed by atoms with Crippen LogP contribution >= 0.6 is 0 Å². The molecule has 0 amide bonds. The van der Waals surface area contributed by atoms with E-state index in [-0.39, 0.29) is 26.4 Å². The Morgan fingerprint density at radius 3 is 2.59 bits per heavy atom. The second-order valence-corrected chi connectivity index (χ2v) is 6.32. The Hall–Kier alpha value is -1.46. The zero-order chi connectivity index (χ0) is 19.8. The third kappa shape index (κ3) is 6.01. The fraction of sp³-hybridized carbons (Fsp3) is 0.667. The molecule has 1 saturated heterocycles. The number of hydrogen-bond donors (Lipinski definition) is 5. The van der Waals surface area contributed by atoms with E-state index in [1.807, 2.05) is 6.07 Å². The van der Waals surface area contributed by atoms with Gasteiger partial charge in [0, 0.05) is 6.61 Å². The minimum absolute atomic E-state index is 0.102. The summed E-state index contributed by atoms with van der Waals surface area (Å²) in [7, 11) is 1.50. The van der Waals surface area contributed by atoms with Crippen LogP contribution in [0.5, 0.6) is 11.5 Å². The van der Waals surface area contributed by atoms with Crippen LogP contribution in [0.1, 0.15) is 12.0 Å². The first kappa shape index (κ1) is 21.8. The molecule has 0 radical (unpaired) electrons. The number of rotatable bonds is 10. The molecule has 5 N–H and O–H groups in total. The molecule has 0 saturated carbocycles. The molecule has 0 aliphatic carbocycles. The molecule has 27 heavy (non-hydrogen) atoms. The van der Waals surface area contributed by atoms with Gasteiger partial charge in [0.1, 0.15) is 24.4 Å². The highest BCUT2D eigenvalue weighted by molar-refractivity contribution is 5.43. The molecule has 1 heterocycles. The molecule has 9 nitrogen and oxygen atoms in total. The third-order valence-corrected chi connectivity index (χ3v) is 4.25. The van der Waals surface area contributed by atoms with Crippen molar-refractivity contribution in [2.75, 3.05) is 33.5 Å². The van der Waals surface area contributed by atoms with Crippen molar-refractivity contribution in [3.05, 3.63) is 23.8 Å². The Balaban J connectivity index is 1.94. The smallest absolute Gasteiger partial charge is 0.186 e. The number of ether oxygens (including phenoxy) is 4. The lowest BCUT2D eigenvalue weighted by Gasteiger charge is -2.35. The summed E-state index contributed by atoms with van der Waals surface area (Å²) in [5.74, 6) is 0.893. The van der Waals surface area contributed by atoms with Gasteiger partial charge in [0.25, 0.3) is 0 Å². The Morgan fingerprint density at radius 2 is 1.93 bits per heavy atom. The van der Waals surface area contributed by atoms with E-state index in [0.717, 1.165) is 5.56 Å². The summed E-state index contributed by atoms with van der Waals surface area (Å²) in [6.07, 6.45) is -4.52.